The molecule has 218 valence electrons. The highest BCUT2D eigenvalue weighted by molar-refractivity contribution is 6.30. The van der Waals surface area contributed by atoms with E-state index in [2.05, 4.69) is 0 Å². The zero-order valence-electron chi connectivity index (χ0n) is 23.5. The molecule has 4 rings (SSSR count). The first-order chi connectivity index (χ1) is 19.8. The van der Waals surface area contributed by atoms with E-state index < -0.39 is 11.9 Å². The predicted molar refractivity (Wildman–Crippen MR) is 158 cm³/mol. The molecule has 2 aromatic rings. The summed E-state index contributed by atoms with van der Waals surface area (Å²) in [5, 5.41) is 9.39. The van der Waals surface area contributed by atoms with E-state index in [0.717, 1.165) is 64.2 Å². The van der Waals surface area contributed by atoms with Gasteiger partial charge in [-0.1, -0.05) is 86.5 Å². The fraction of sp³-hybridized carbons (Fsp3) is 0.471. The monoisotopic (exact) mass is 578 g/mol. The summed E-state index contributed by atoms with van der Waals surface area (Å²) in [5.74, 6) is -1.66. The molecule has 0 saturated heterocycles. The molecule has 0 spiro atoms. The first kappa shape index (κ1) is 30.7. The second kappa shape index (κ2) is 15.1. The normalized spacial score (nSPS) is 18.8. The number of rotatable bonds is 14. The Hall–Kier alpha value is -3.25. The second-order valence-corrected chi connectivity index (χ2v) is 11.7. The molecular weight excluding hydrogens is 540 g/mol. The smallest absolute Gasteiger partial charge is 0.311 e. The minimum Gasteiger partial charge on any atom is -0.481 e. The van der Waals surface area contributed by atoms with E-state index in [1.165, 1.54) is 5.56 Å². The van der Waals surface area contributed by atoms with Crippen molar-refractivity contribution in [3.63, 3.8) is 0 Å². The van der Waals surface area contributed by atoms with Crippen LogP contribution in [0.4, 0.5) is 0 Å². The number of Topliss-reactive ketones (excluding diaryl/α,β-unsaturated/α-hetero) is 2. The number of ether oxygens (including phenoxy) is 1. The van der Waals surface area contributed by atoms with Gasteiger partial charge in [-0.15, -0.1) is 0 Å². The Bertz CT molecular complexity index is 1270. The number of carboxylic acids is 1. The Kier molecular flexibility index (Phi) is 11.3. The molecule has 6 nitrogen and oxygen atoms in total. The topological polar surface area (TPSA) is 97.7 Å². The van der Waals surface area contributed by atoms with Crippen molar-refractivity contribution in [2.75, 3.05) is 0 Å². The van der Waals surface area contributed by atoms with Crippen LogP contribution in [-0.4, -0.2) is 28.6 Å². The number of unbranched alkanes of at least 4 members (excludes halogenated alkanes) is 7. The summed E-state index contributed by atoms with van der Waals surface area (Å²) in [6.45, 7) is 0. The average molecular weight is 579 g/mol. The van der Waals surface area contributed by atoms with E-state index in [9.17, 15) is 19.2 Å². The molecule has 0 heterocycles. The molecule has 2 aromatic carbocycles. The van der Waals surface area contributed by atoms with Crippen LogP contribution >= 0.6 is 11.6 Å². The molecule has 1 fully saturated rings. The standard InChI is InChI=1S/C34H39ClO6/c35-26-21-19-24(20-22-26)23-15-17-25(18-16-23)31-32(39)27-11-9-10-12-28(27)33(40)34(31)41-30(38)14-8-6-4-2-1-3-5-7-13-29(36)37/h9-12,19-23,25H,1-8,13-18H2,(H,36,37)/t23-,25-. The molecule has 0 bridgehead atoms. The van der Waals surface area contributed by atoms with Crippen molar-refractivity contribution in [3.8, 4) is 0 Å². The van der Waals surface area contributed by atoms with E-state index in [4.69, 9.17) is 21.4 Å². The summed E-state index contributed by atoms with van der Waals surface area (Å²) in [4.78, 5) is 50.6. The van der Waals surface area contributed by atoms with Gasteiger partial charge in [-0.25, -0.2) is 0 Å². The Morgan fingerprint density at radius 2 is 1.22 bits per heavy atom. The number of hydrogen-bond acceptors (Lipinski definition) is 5. The lowest BCUT2D eigenvalue weighted by Crippen LogP contribution is -2.30. The molecule has 7 heteroatoms. The van der Waals surface area contributed by atoms with Crippen molar-refractivity contribution in [2.24, 2.45) is 5.92 Å². The fourth-order valence-electron chi connectivity index (χ4n) is 6.07. The van der Waals surface area contributed by atoms with Gasteiger partial charge in [-0.2, -0.15) is 0 Å². The first-order valence-electron chi connectivity index (χ1n) is 15.0. The van der Waals surface area contributed by atoms with Gasteiger partial charge in [0.05, 0.1) is 5.57 Å². The number of carbonyl (C=O) groups is 4. The van der Waals surface area contributed by atoms with Gasteiger partial charge in [0, 0.05) is 29.0 Å². The summed E-state index contributed by atoms with van der Waals surface area (Å²) in [6.07, 6.45) is 10.9. The lowest BCUT2D eigenvalue weighted by atomic mass is 9.72. The third-order valence-electron chi connectivity index (χ3n) is 8.33. The summed E-state index contributed by atoms with van der Waals surface area (Å²) >= 11 is 6.05. The van der Waals surface area contributed by atoms with E-state index in [-0.39, 0.29) is 36.1 Å². The zero-order valence-corrected chi connectivity index (χ0v) is 24.3. The lowest BCUT2D eigenvalue weighted by molar-refractivity contribution is -0.139. The highest BCUT2D eigenvalue weighted by Gasteiger charge is 2.39. The Morgan fingerprint density at radius 3 is 1.80 bits per heavy atom. The molecule has 41 heavy (non-hydrogen) atoms. The van der Waals surface area contributed by atoms with Gasteiger partial charge < -0.3 is 9.84 Å². The van der Waals surface area contributed by atoms with E-state index in [1.54, 1.807) is 24.3 Å². The highest BCUT2D eigenvalue weighted by atomic mass is 35.5. The van der Waals surface area contributed by atoms with Crippen LogP contribution in [0.5, 0.6) is 0 Å². The second-order valence-electron chi connectivity index (χ2n) is 11.2. The van der Waals surface area contributed by atoms with Crippen LogP contribution in [0.25, 0.3) is 0 Å². The Morgan fingerprint density at radius 1 is 0.707 bits per heavy atom. The van der Waals surface area contributed by atoms with Crippen LogP contribution < -0.4 is 0 Å². The maximum atomic E-state index is 13.7. The van der Waals surface area contributed by atoms with Gasteiger partial charge in [-0.3, -0.25) is 19.2 Å². The van der Waals surface area contributed by atoms with Crippen LogP contribution in [0.15, 0.2) is 59.9 Å². The molecule has 2 aliphatic carbocycles. The molecule has 2 aliphatic rings. The maximum Gasteiger partial charge on any atom is 0.311 e. The fourth-order valence-corrected chi connectivity index (χ4v) is 6.19. The van der Waals surface area contributed by atoms with Crippen LogP contribution in [0.1, 0.15) is 122 Å². The minimum atomic E-state index is -0.746. The van der Waals surface area contributed by atoms with Crippen LogP contribution in [-0.2, 0) is 14.3 Å². The first-order valence-corrected chi connectivity index (χ1v) is 15.3. The van der Waals surface area contributed by atoms with Gasteiger partial charge in [0.25, 0.3) is 0 Å². The van der Waals surface area contributed by atoms with Gasteiger partial charge in [0.2, 0.25) is 5.78 Å². The quantitative estimate of drug-likeness (QED) is 0.178. The molecule has 1 N–H and O–H groups in total. The molecular formula is C34H39ClO6. The summed E-state index contributed by atoms with van der Waals surface area (Å²) in [5.41, 5.74) is 2.26. The highest BCUT2D eigenvalue weighted by Crippen LogP contribution is 2.42. The largest absolute Gasteiger partial charge is 0.481 e. The van der Waals surface area contributed by atoms with Gasteiger partial charge in [0.1, 0.15) is 0 Å². The third kappa shape index (κ3) is 8.38. The Balaban J connectivity index is 1.34. The number of ketones is 2. The predicted octanol–water partition coefficient (Wildman–Crippen LogP) is 8.48. The SMILES string of the molecule is O=C(O)CCCCCCCCCCC(=O)OC1=C([C@H]2CC[C@H](c3ccc(Cl)cc3)CC2)C(=O)c2ccccc2C1=O. The van der Waals surface area contributed by atoms with E-state index in [0.29, 0.717) is 40.5 Å². The molecule has 0 atom stereocenters. The van der Waals surface area contributed by atoms with E-state index >= 15 is 0 Å². The van der Waals surface area contributed by atoms with Crippen molar-refractivity contribution in [2.45, 2.75) is 95.8 Å². The molecule has 0 unspecified atom stereocenters. The molecule has 0 aliphatic heterocycles. The summed E-state index contributed by atoms with van der Waals surface area (Å²) in [6, 6.07) is 14.7. The summed E-state index contributed by atoms with van der Waals surface area (Å²) < 4.78 is 5.72. The minimum absolute atomic E-state index is 0.0741. The van der Waals surface area contributed by atoms with Gasteiger partial charge >= 0.3 is 11.9 Å². The average Bonchev–Trinajstić information content (AvgIpc) is 2.97. The zero-order chi connectivity index (χ0) is 29.2. The third-order valence-corrected chi connectivity index (χ3v) is 8.58. The number of aliphatic carboxylic acids is 1. The molecule has 0 radical (unpaired) electrons. The van der Waals surface area contributed by atoms with Crippen molar-refractivity contribution in [1.82, 2.24) is 0 Å². The number of halogens is 1. The molecule has 1 saturated carbocycles. The number of hydrogen-bond donors (Lipinski definition) is 1. The van der Waals surface area contributed by atoms with Crippen molar-refractivity contribution in [3.05, 3.63) is 81.6 Å². The van der Waals surface area contributed by atoms with Gasteiger partial charge in [-0.05, 0) is 68.1 Å². The van der Waals surface area contributed by atoms with Crippen molar-refractivity contribution >= 4 is 35.1 Å². The number of allylic oxidation sites excluding steroid dienone is 2. The number of esters is 1. The van der Waals surface area contributed by atoms with Crippen molar-refractivity contribution in [1.29, 1.82) is 0 Å². The number of carbonyl (C=O) groups excluding carboxylic acids is 3. The number of benzene rings is 2. The van der Waals surface area contributed by atoms with Crippen molar-refractivity contribution < 1.29 is 29.0 Å². The lowest BCUT2D eigenvalue weighted by Gasteiger charge is -2.32. The molecule has 0 amide bonds. The van der Waals surface area contributed by atoms with Crippen LogP contribution in [0, 0.1) is 5.92 Å². The Labute approximate surface area is 247 Å². The van der Waals surface area contributed by atoms with E-state index in [1.807, 2.05) is 24.3 Å². The maximum absolute atomic E-state index is 13.7. The van der Waals surface area contributed by atoms with Crippen LogP contribution in [0.2, 0.25) is 5.02 Å². The number of fused-ring (bicyclic) bond motifs is 1. The molecule has 0 aromatic heterocycles. The van der Waals surface area contributed by atoms with Gasteiger partial charge in [0.15, 0.2) is 11.5 Å². The summed E-state index contributed by atoms with van der Waals surface area (Å²) in [7, 11) is 0. The number of carboxylic acid groups (broad SMARTS) is 1. The van der Waals surface area contributed by atoms with Crippen LogP contribution in [0.3, 0.4) is 0 Å².